The van der Waals surface area contributed by atoms with Gasteiger partial charge in [-0.3, -0.25) is 9.59 Å². The number of nitrogens with one attached hydrogen (secondary N) is 1. The fraction of sp³-hybridized carbons (Fsp3) is 0.333. The van der Waals surface area contributed by atoms with Gasteiger partial charge in [0.2, 0.25) is 5.91 Å². The van der Waals surface area contributed by atoms with Gasteiger partial charge in [-0.25, -0.2) is 0 Å². The Morgan fingerprint density at radius 3 is 2.21 bits per heavy atom. The van der Waals surface area contributed by atoms with Gasteiger partial charge in [-0.1, -0.05) is 0 Å². The summed E-state index contributed by atoms with van der Waals surface area (Å²) < 4.78 is 10.2. The first kappa shape index (κ1) is 15.2. The molecule has 0 fully saturated rings. The van der Waals surface area contributed by atoms with Crippen molar-refractivity contribution in [2.75, 3.05) is 31.0 Å². The molecule has 19 heavy (non-hydrogen) atoms. The van der Waals surface area contributed by atoms with E-state index in [0.717, 1.165) is 11.8 Å². The molecule has 0 radical (unpaired) electrons. The SMILES string of the molecule is COc1cc(NC(=O)CSCC(=O)O)cc(OC)c1. The number of aliphatic carboxylic acids is 1. The van der Waals surface area contributed by atoms with Crippen molar-refractivity contribution in [3.05, 3.63) is 18.2 Å². The maximum absolute atomic E-state index is 11.6. The summed E-state index contributed by atoms with van der Waals surface area (Å²) in [5.74, 6) is -0.121. The monoisotopic (exact) mass is 285 g/mol. The van der Waals surface area contributed by atoms with Crippen molar-refractivity contribution in [1.29, 1.82) is 0 Å². The second-order valence-electron chi connectivity index (χ2n) is 3.54. The molecular weight excluding hydrogens is 270 g/mol. The molecular formula is C12H15NO5S. The topological polar surface area (TPSA) is 84.9 Å². The summed E-state index contributed by atoms with van der Waals surface area (Å²) >= 11 is 1.03. The molecule has 0 saturated heterocycles. The highest BCUT2D eigenvalue weighted by Gasteiger charge is 2.07. The average molecular weight is 285 g/mol. The largest absolute Gasteiger partial charge is 0.497 e. The highest BCUT2D eigenvalue weighted by molar-refractivity contribution is 8.00. The molecule has 2 N–H and O–H groups in total. The van der Waals surface area contributed by atoms with E-state index in [9.17, 15) is 9.59 Å². The number of carbonyl (C=O) groups is 2. The number of benzene rings is 1. The maximum Gasteiger partial charge on any atom is 0.313 e. The zero-order chi connectivity index (χ0) is 14.3. The van der Waals surface area contributed by atoms with Crippen LogP contribution in [0.15, 0.2) is 18.2 Å². The quantitative estimate of drug-likeness (QED) is 0.789. The summed E-state index contributed by atoms with van der Waals surface area (Å²) in [6, 6.07) is 5.00. The fourth-order valence-corrected chi connectivity index (χ4v) is 1.84. The van der Waals surface area contributed by atoms with Crippen LogP contribution in [0.1, 0.15) is 0 Å². The van der Waals surface area contributed by atoms with E-state index in [2.05, 4.69) is 5.32 Å². The normalized spacial score (nSPS) is 9.79. The molecule has 104 valence electrons. The van der Waals surface area contributed by atoms with Gasteiger partial charge < -0.3 is 19.9 Å². The van der Waals surface area contributed by atoms with Crippen LogP contribution in [0.2, 0.25) is 0 Å². The molecule has 7 heteroatoms. The van der Waals surface area contributed by atoms with Crippen molar-refractivity contribution < 1.29 is 24.2 Å². The van der Waals surface area contributed by atoms with E-state index in [4.69, 9.17) is 14.6 Å². The molecule has 1 rings (SSSR count). The number of hydrogen-bond donors (Lipinski definition) is 2. The molecule has 0 unspecified atom stereocenters. The molecule has 0 atom stereocenters. The Hall–Kier alpha value is -1.89. The summed E-state index contributed by atoms with van der Waals surface area (Å²) in [5, 5.41) is 11.1. The van der Waals surface area contributed by atoms with E-state index < -0.39 is 5.97 Å². The number of anilines is 1. The van der Waals surface area contributed by atoms with Gasteiger partial charge in [0.05, 0.1) is 25.7 Å². The lowest BCUT2D eigenvalue weighted by Gasteiger charge is -2.09. The number of thioether (sulfide) groups is 1. The minimum Gasteiger partial charge on any atom is -0.497 e. The standard InChI is InChI=1S/C12H15NO5S/c1-17-9-3-8(4-10(5-9)18-2)13-11(14)6-19-7-12(15)16/h3-5H,6-7H2,1-2H3,(H,13,14)(H,15,16). The zero-order valence-electron chi connectivity index (χ0n) is 10.6. The van der Waals surface area contributed by atoms with Gasteiger partial charge in [-0.05, 0) is 0 Å². The van der Waals surface area contributed by atoms with Gasteiger partial charge >= 0.3 is 5.97 Å². The lowest BCUT2D eigenvalue weighted by atomic mass is 10.2. The van der Waals surface area contributed by atoms with Gasteiger partial charge in [0.1, 0.15) is 11.5 Å². The van der Waals surface area contributed by atoms with E-state index in [1.165, 1.54) is 14.2 Å². The highest BCUT2D eigenvalue weighted by atomic mass is 32.2. The number of carbonyl (C=O) groups excluding carboxylic acids is 1. The predicted molar refractivity (Wildman–Crippen MR) is 73.1 cm³/mol. The highest BCUT2D eigenvalue weighted by Crippen LogP contribution is 2.25. The van der Waals surface area contributed by atoms with Crippen molar-refractivity contribution >= 4 is 29.3 Å². The number of rotatable bonds is 7. The Labute approximate surface area is 115 Å². The molecule has 0 heterocycles. The molecule has 1 aromatic rings. The third-order valence-corrected chi connectivity index (χ3v) is 3.01. The summed E-state index contributed by atoms with van der Waals surface area (Å²) in [4.78, 5) is 21.9. The summed E-state index contributed by atoms with van der Waals surface area (Å²) in [6.45, 7) is 0. The Morgan fingerprint density at radius 2 is 1.74 bits per heavy atom. The van der Waals surface area contributed by atoms with Gasteiger partial charge in [-0.15, -0.1) is 11.8 Å². The molecule has 0 aliphatic heterocycles. The zero-order valence-corrected chi connectivity index (χ0v) is 11.5. The van der Waals surface area contributed by atoms with E-state index in [-0.39, 0.29) is 17.4 Å². The maximum atomic E-state index is 11.6. The number of methoxy groups -OCH3 is 2. The molecule has 0 bridgehead atoms. The lowest BCUT2D eigenvalue weighted by Crippen LogP contribution is -2.15. The van der Waals surface area contributed by atoms with E-state index in [0.29, 0.717) is 17.2 Å². The van der Waals surface area contributed by atoms with Crippen LogP contribution in [0.4, 0.5) is 5.69 Å². The van der Waals surface area contributed by atoms with Crippen LogP contribution in [0, 0.1) is 0 Å². The summed E-state index contributed by atoms with van der Waals surface area (Å²) in [7, 11) is 3.03. The van der Waals surface area contributed by atoms with Crippen LogP contribution in [0.3, 0.4) is 0 Å². The molecule has 6 nitrogen and oxygen atoms in total. The van der Waals surface area contributed by atoms with Crippen LogP contribution < -0.4 is 14.8 Å². The van der Waals surface area contributed by atoms with Crippen LogP contribution in [0.25, 0.3) is 0 Å². The third kappa shape index (κ3) is 5.52. The number of carboxylic acids is 1. The molecule has 0 aromatic heterocycles. The second kappa shape index (κ2) is 7.52. The minimum absolute atomic E-state index is 0.0752. The average Bonchev–Trinajstić information content (AvgIpc) is 2.37. The van der Waals surface area contributed by atoms with Gasteiger partial charge in [0, 0.05) is 23.9 Å². The van der Waals surface area contributed by atoms with Gasteiger partial charge in [0.15, 0.2) is 0 Å². The lowest BCUT2D eigenvalue weighted by molar-refractivity contribution is -0.133. The molecule has 0 saturated carbocycles. The second-order valence-corrected chi connectivity index (χ2v) is 4.52. The van der Waals surface area contributed by atoms with Crippen LogP contribution in [-0.4, -0.2) is 42.7 Å². The fourth-order valence-electron chi connectivity index (χ4n) is 1.31. The Balaban J connectivity index is 2.60. The van der Waals surface area contributed by atoms with Crippen LogP contribution in [-0.2, 0) is 9.59 Å². The number of amides is 1. The van der Waals surface area contributed by atoms with E-state index in [1.807, 2.05) is 0 Å². The number of hydrogen-bond acceptors (Lipinski definition) is 5. The first-order chi connectivity index (χ1) is 9.05. The molecule has 0 spiro atoms. The van der Waals surface area contributed by atoms with Gasteiger partial charge in [-0.2, -0.15) is 0 Å². The molecule has 0 aliphatic carbocycles. The third-order valence-electron chi connectivity index (χ3n) is 2.09. The van der Waals surface area contributed by atoms with E-state index >= 15 is 0 Å². The van der Waals surface area contributed by atoms with Crippen molar-refractivity contribution in [1.82, 2.24) is 0 Å². The van der Waals surface area contributed by atoms with Gasteiger partial charge in [0.25, 0.3) is 0 Å². The smallest absolute Gasteiger partial charge is 0.313 e. The van der Waals surface area contributed by atoms with Crippen LogP contribution >= 0.6 is 11.8 Å². The first-order valence-electron chi connectivity index (χ1n) is 5.37. The molecule has 1 aromatic carbocycles. The van der Waals surface area contributed by atoms with Crippen molar-refractivity contribution in [3.63, 3.8) is 0 Å². The number of ether oxygens (including phenoxy) is 2. The first-order valence-corrected chi connectivity index (χ1v) is 6.53. The van der Waals surface area contributed by atoms with Crippen molar-refractivity contribution in [3.8, 4) is 11.5 Å². The number of carboxylic acid groups (broad SMARTS) is 1. The minimum atomic E-state index is -0.944. The summed E-state index contributed by atoms with van der Waals surface area (Å²) in [5.41, 5.74) is 0.539. The summed E-state index contributed by atoms with van der Waals surface area (Å²) in [6.07, 6.45) is 0. The predicted octanol–water partition coefficient (Wildman–Crippen LogP) is 1.46. The van der Waals surface area contributed by atoms with Crippen LogP contribution in [0.5, 0.6) is 11.5 Å². The Kier molecular flexibility index (Phi) is 6.01. The van der Waals surface area contributed by atoms with E-state index in [1.54, 1.807) is 18.2 Å². The molecule has 0 aliphatic rings. The van der Waals surface area contributed by atoms with Crippen molar-refractivity contribution in [2.45, 2.75) is 0 Å². The molecule has 1 amide bonds. The Morgan fingerprint density at radius 1 is 1.16 bits per heavy atom. The van der Waals surface area contributed by atoms with Crippen molar-refractivity contribution in [2.24, 2.45) is 0 Å². The Bertz CT molecular complexity index is 441.